The van der Waals surface area contributed by atoms with Crippen molar-refractivity contribution in [3.8, 4) is 0 Å². The lowest BCUT2D eigenvalue weighted by Gasteiger charge is -2.22. The fourth-order valence-corrected chi connectivity index (χ4v) is 2.84. The molecule has 3 aromatic rings. The predicted octanol–water partition coefficient (Wildman–Crippen LogP) is 3.63. The van der Waals surface area contributed by atoms with Crippen LogP contribution in [0.1, 0.15) is 54.1 Å². The van der Waals surface area contributed by atoms with Crippen LogP contribution in [0.2, 0.25) is 0 Å². The van der Waals surface area contributed by atoms with E-state index < -0.39 is 0 Å². The van der Waals surface area contributed by atoms with Gasteiger partial charge in [0.2, 0.25) is 0 Å². The van der Waals surface area contributed by atoms with E-state index in [4.69, 9.17) is 0 Å². The van der Waals surface area contributed by atoms with E-state index in [9.17, 15) is 4.79 Å². The molecule has 26 heavy (non-hydrogen) atoms. The fraction of sp³-hybridized carbons (Fsp3) is 0.286. The number of nitrogens with one attached hydrogen (secondary N) is 1. The molecule has 1 N–H and O–H groups in total. The summed E-state index contributed by atoms with van der Waals surface area (Å²) in [6.45, 7) is 6.55. The highest BCUT2D eigenvalue weighted by Gasteiger charge is 2.22. The first-order valence-electron chi connectivity index (χ1n) is 8.65. The van der Waals surface area contributed by atoms with Crippen LogP contribution in [0.15, 0.2) is 61.2 Å². The third-order valence-corrected chi connectivity index (χ3v) is 4.43. The Kier molecular flexibility index (Phi) is 4.89. The molecule has 1 unspecified atom stereocenters. The minimum absolute atomic E-state index is 0.0796. The van der Waals surface area contributed by atoms with Gasteiger partial charge in [-0.05, 0) is 28.7 Å². The average molecular weight is 348 g/mol. The molecule has 0 aliphatic rings. The van der Waals surface area contributed by atoms with Gasteiger partial charge in [-0.25, -0.2) is 4.98 Å². The zero-order valence-electron chi connectivity index (χ0n) is 15.6. The number of aryl methyl sites for hydroxylation is 1. The molecule has 0 fully saturated rings. The molecule has 2 heterocycles. The van der Waals surface area contributed by atoms with E-state index in [1.54, 1.807) is 30.7 Å². The number of pyridine rings is 1. The Labute approximate surface area is 154 Å². The fourth-order valence-electron chi connectivity index (χ4n) is 2.84. The van der Waals surface area contributed by atoms with Crippen molar-refractivity contribution in [1.82, 2.24) is 19.9 Å². The standard InChI is InChI=1S/C21H24N4O/c1-21(2,3)17-9-7-15(8-10-17)18(19-23-12-13-25(19)4)24-20(26)16-6-5-11-22-14-16/h5-14,18H,1-4H3,(H,24,26). The normalized spacial score (nSPS) is 12.6. The largest absolute Gasteiger partial charge is 0.338 e. The summed E-state index contributed by atoms with van der Waals surface area (Å²) in [4.78, 5) is 21.1. The van der Waals surface area contributed by atoms with Crippen molar-refractivity contribution >= 4 is 5.91 Å². The van der Waals surface area contributed by atoms with Gasteiger partial charge in [-0.2, -0.15) is 0 Å². The first-order valence-corrected chi connectivity index (χ1v) is 8.65. The summed E-state index contributed by atoms with van der Waals surface area (Å²) in [5.74, 6) is 0.608. The summed E-state index contributed by atoms with van der Waals surface area (Å²) >= 11 is 0. The van der Waals surface area contributed by atoms with Gasteiger partial charge in [0, 0.05) is 31.8 Å². The van der Waals surface area contributed by atoms with E-state index in [0.29, 0.717) is 5.56 Å². The van der Waals surface area contributed by atoms with Gasteiger partial charge in [-0.15, -0.1) is 0 Å². The minimum Gasteiger partial charge on any atom is -0.338 e. The molecule has 0 bridgehead atoms. The lowest BCUT2D eigenvalue weighted by molar-refractivity contribution is 0.0940. The van der Waals surface area contributed by atoms with Gasteiger partial charge >= 0.3 is 0 Å². The van der Waals surface area contributed by atoms with Crippen LogP contribution in [-0.2, 0) is 12.5 Å². The number of amides is 1. The highest BCUT2D eigenvalue weighted by Crippen LogP contribution is 2.26. The Bertz CT molecular complexity index is 876. The third-order valence-electron chi connectivity index (χ3n) is 4.43. The van der Waals surface area contributed by atoms with Crippen LogP contribution in [0.3, 0.4) is 0 Å². The zero-order valence-corrected chi connectivity index (χ0v) is 15.6. The van der Waals surface area contributed by atoms with Crippen molar-refractivity contribution in [3.63, 3.8) is 0 Å². The second-order valence-electron chi connectivity index (χ2n) is 7.42. The van der Waals surface area contributed by atoms with Crippen LogP contribution in [0.4, 0.5) is 0 Å². The number of carbonyl (C=O) groups is 1. The second-order valence-corrected chi connectivity index (χ2v) is 7.42. The number of rotatable bonds is 4. The monoisotopic (exact) mass is 348 g/mol. The highest BCUT2D eigenvalue weighted by atomic mass is 16.1. The number of nitrogens with zero attached hydrogens (tertiary/aromatic N) is 3. The molecule has 1 aromatic carbocycles. The first-order chi connectivity index (χ1) is 12.4. The highest BCUT2D eigenvalue weighted by molar-refractivity contribution is 5.94. The lowest BCUT2D eigenvalue weighted by atomic mass is 9.86. The van der Waals surface area contributed by atoms with E-state index in [2.05, 4.69) is 60.3 Å². The van der Waals surface area contributed by atoms with Gasteiger partial charge in [0.1, 0.15) is 11.9 Å². The molecule has 0 aliphatic heterocycles. The Morgan fingerprint density at radius 1 is 1.12 bits per heavy atom. The van der Waals surface area contributed by atoms with Crippen LogP contribution in [-0.4, -0.2) is 20.4 Å². The summed E-state index contributed by atoms with van der Waals surface area (Å²) < 4.78 is 1.92. The van der Waals surface area contributed by atoms with Crippen LogP contribution in [0, 0.1) is 0 Å². The molecule has 1 amide bonds. The molecule has 0 saturated heterocycles. The first kappa shape index (κ1) is 17.9. The van der Waals surface area contributed by atoms with Gasteiger partial charge in [0.15, 0.2) is 0 Å². The Hall–Kier alpha value is -2.95. The molecule has 5 heteroatoms. The predicted molar refractivity (Wildman–Crippen MR) is 102 cm³/mol. The average Bonchev–Trinajstić information content (AvgIpc) is 3.05. The zero-order chi connectivity index (χ0) is 18.7. The number of hydrogen-bond donors (Lipinski definition) is 1. The molecule has 0 spiro atoms. The van der Waals surface area contributed by atoms with Gasteiger partial charge in [0.25, 0.3) is 5.91 Å². The van der Waals surface area contributed by atoms with E-state index in [0.717, 1.165) is 11.4 Å². The number of carbonyl (C=O) groups excluding carboxylic acids is 1. The maximum absolute atomic E-state index is 12.7. The summed E-state index contributed by atoms with van der Waals surface area (Å²) in [6.07, 6.45) is 6.83. The molecule has 0 aliphatic carbocycles. The van der Waals surface area contributed by atoms with Crippen molar-refractivity contribution in [1.29, 1.82) is 0 Å². The van der Waals surface area contributed by atoms with Crippen LogP contribution in [0.5, 0.6) is 0 Å². The molecular formula is C21H24N4O. The Morgan fingerprint density at radius 2 is 1.85 bits per heavy atom. The van der Waals surface area contributed by atoms with Gasteiger partial charge in [-0.3, -0.25) is 9.78 Å². The molecule has 2 aromatic heterocycles. The summed E-state index contributed by atoms with van der Waals surface area (Å²) in [5.41, 5.74) is 2.84. The summed E-state index contributed by atoms with van der Waals surface area (Å²) in [7, 11) is 1.93. The van der Waals surface area contributed by atoms with Crippen LogP contribution >= 0.6 is 0 Å². The summed E-state index contributed by atoms with van der Waals surface area (Å²) in [6, 6.07) is 11.5. The van der Waals surface area contributed by atoms with E-state index >= 15 is 0 Å². The van der Waals surface area contributed by atoms with E-state index in [1.807, 2.05) is 17.8 Å². The number of imidazole rings is 1. The minimum atomic E-state index is -0.336. The van der Waals surface area contributed by atoms with Crippen molar-refractivity contribution < 1.29 is 4.79 Å². The molecule has 1 atom stereocenters. The number of benzene rings is 1. The Morgan fingerprint density at radius 3 is 2.38 bits per heavy atom. The van der Waals surface area contributed by atoms with Gasteiger partial charge < -0.3 is 9.88 Å². The van der Waals surface area contributed by atoms with Crippen molar-refractivity contribution in [2.24, 2.45) is 7.05 Å². The van der Waals surface area contributed by atoms with Crippen LogP contribution in [0.25, 0.3) is 0 Å². The lowest BCUT2D eigenvalue weighted by Crippen LogP contribution is -2.31. The molecule has 3 rings (SSSR count). The molecule has 0 saturated carbocycles. The maximum atomic E-state index is 12.7. The molecule has 0 radical (unpaired) electrons. The SMILES string of the molecule is Cn1ccnc1C(NC(=O)c1cccnc1)c1ccc(C(C)(C)C)cc1. The van der Waals surface area contributed by atoms with E-state index in [-0.39, 0.29) is 17.4 Å². The van der Waals surface area contributed by atoms with E-state index in [1.165, 1.54) is 5.56 Å². The molecule has 5 nitrogen and oxygen atoms in total. The quantitative estimate of drug-likeness (QED) is 0.783. The van der Waals surface area contributed by atoms with Gasteiger partial charge in [-0.1, -0.05) is 45.0 Å². The van der Waals surface area contributed by atoms with Crippen molar-refractivity contribution in [2.75, 3.05) is 0 Å². The molecule has 134 valence electrons. The Balaban J connectivity index is 1.94. The topological polar surface area (TPSA) is 59.8 Å². The second kappa shape index (κ2) is 7.12. The summed E-state index contributed by atoms with van der Waals surface area (Å²) in [5, 5.41) is 3.09. The molecular weight excluding hydrogens is 324 g/mol. The van der Waals surface area contributed by atoms with Gasteiger partial charge in [0.05, 0.1) is 5.56 Å². The maximum Gasteiger partial charge on any atom is 0.253 e. The van der Waals surface area contributed by atoms with Crippen molar-refractivity contribution in [2.45, 2.75) is 32.2 Å². The van der Waals surface area contributed by atoms with Crippen molar-refractivity contribution in [3.05, 3.63) is 83.7 Å². The number of hydrogen-bond acceptors (Lipinski definition) is 3. The third kappa shape index (κ3) is 3.82. The smallest absolute Gasteiger partial charge is 0.253 e. The number of aromatic nitrogens is 3. The van der Waals surface area contributed by atoms with Crippen LogP contribution < -0.4 is 5.32 Å².